The molecule has 1 aromatic rings. The van der Waals surface area contributed by atoms with Crippen LogP contribution in [0, 0.1) is 5.92 Å². The third kappa shape index (κ3) is 3.70. The molecule has 2 unspecified atom stereocenters. The number of carbonyl (C=O) groups is 1. The molecule has 4 nitrogen and oxygen atoms in total. The smallest absolute Gasteiger partial charge is 0.227 e. The SMILES string of the molecule is COc1cccc(C(C)C(=O)NCC(N)C2CC2)c1. The lowest BCUT2D eigenvalue weighted by Gasteiger charge is -2.16. The first-order valence-electron chi connectivity index (χ1n) is 6.79. The van der Waals surface area contributed by atoms with Gasteiger partial charge in [0.2, 0.25) is 5.91 Å². The molecule has 4 heteroatoms. The molecule has 19 heavy (non-hydrogen) atoms. The molecule has 0 aromatic heterocycles. The Hall–Kier alpha value is -1.55. The molecule has 2 atom stereocenters. The molecule has 0 aliphatic heterocycles. The van der Waals surface area contributed by atoms with Gasteiger partial charge in [-0.1, -0.05) is 12.1 Å². The van der Waals surface area contributed by atoms with Crippen molar-refractivity contribution in [3.05, 3.63) is 29.8 Å². The van der Waals surface area contributed by atoms with Crippen molar-refractivity contribution in [3.63, 3.8) is 0 Å². The van der Waals surface area contributed by atoms with Crippen LogP contribution in [0.2, 0.25) is 0 Å². The average molecular weight is 262 g/mol. The number of hydrogen-bond acceptors (Lipinski definition) is 3. The van der Waals surface area contributed by atoms with Gasteiger partial charge in [0.25, 0.3) is 0 Å². The maximum absolute atomic E-state index is 12.1. The second-order valence-corrected chi connectivity index (χ2v) is 5.24. The highest BCUT2D eigenvalue weighted by molar-refractivity contribution is 5.83. The predicted molar refractivity (Wildman–Crippen MR) is 75.1 cm³/mol. The number of rotatable bonds is 6. The molecule has 0 radical (unpaired) electrons. The number of nitrogens with one attached hydrogen (secondary N) is 1. The van der Waals surface area contributed by atoms with Crippen LogP contribution in [0.1, 0.15) is 31.2 Å². The standard InChI is InChI=1S/C15H22N2O2/c1-10(12-4-3-5-13(8-12)19-2)15(18)17-9-14(16)11-6-7-11/h3-5,8,10-11,14H,6-7,9,16H2,1-2H3,(H,17,18). The van der Waals surface area contributed by atoms with Crippen molar-refractivity contribution < 1.29 is 9.53 Å². The summed E-state index contributed by atoms with van der Waals surface area (Å²) in [5.74, 6) is 1.20. The Kier molecular flexibility index (Phi) is 4.43. The number of hydrogen-bond donors (Lipinski definition) is 2. The van der Waals surface area contributed by atoms with Crippen molar-refractivity contribution in [2.24, 2.45) is 11.7 Å². The van der Waals surface area contributed by atoms with Crippen LogP contribution in [0.15, 0.2) is 24.3 Å². The van der Waals surface area contributed by atoms with Gasteiger partial charge in [0.05, 0.1) is 13.0 Å². The van der Waals surface area contributed by atoms with Crippen molar-refractivity contribution in [2.45, 2.75) is 31.7 Å². The molecule has 1 aliphatic carbocycles. The summed E-state index contributed by atoms with van der Waals surface area (Å²) >= 11 is 0. The van der Waals surface area contributed by atoms with Crippen LogP contribution < -0.4 is 15.8 Å². The van der Waals surface area contributed by atoms with Gasteiger partial charge in [-0.15, -0.1) is 0 Å². The van der Waals surface area contributed by atoms with Crippen molar-refractivity contribution in [1.29, 1.82) is 0 Å². The second kappa shape index (κ2) is 6.06. The zero-order valence-electron chi connectivity index (χ0n) is 11.6. The van der Waals surface area contributed by atoms with Gasteiger partial charge < -0.3 is 15.8 Å². The van der Waals surface area contributed by atoms with Crippen molar-refractivity contribution >= 4 is 5.91 Å². The van der Waals surface area contributed by atoms with E-state index >= 15 is 0 Å². The van der Waals surface area contributed by atoms with Gasteiger partial charge in [0, 0.05) is 12.6 Å². The van der Waals surface area contributed by atoms with Gasteiger partial charge >= 0.3 is 0 Å². The minimum atomic E-state index is -0.193. The van der Waals surface area contributed by atoms with E-state index in [1.807, 2.05) is 31.2 Å². The van der Waals surface area contributed by atoms with Gasteiger partial charge in [-0.05, 0) is 43.4 Å². The van der Waals surface area contributed by atoms with E-state index in [2.05, 4.69) is 5.32 Å². The first-order valence-corrected chi connectivity index (χ1v) is 6.79. The number of carbonyl (C=O) groups excluding carboxylic acids is 1. The highest BCUT2D eigenvalue weighted by Gasteiger charge is 2.28. The lowest BCUT2D eigenvalue weighted by atomic mass is 10.00. The summed E-state index contributed by atoms with van der Waals surface area (Å²) in [6, 6.07) is 7.70. The van der Waals surface area contributed by atoms with E-state index in [0.29, 0.717) is 12.5 Å². The van der Waals surface area contributed by atoms with Gasteiger partial charge in [-0.3, -0.25) is 4.79 Å². The molecule has 2 rings (SSSR count). The number of benzene rings is 1. The van der Waals surface area contributed by atoms with E-state index < -0.39 is 0 Å². The van der Waals surface area contributed by atoms with E-state index in [0.717, 1.165) is 11.3 Å². The first kappa shape index (κ1) is 13.9. The van der Waals surface area contributed by atoms with Crippen molar-refractivity contribution in [2.75, 3.05) is 13.7 Å². The number of amides is 1. The fourth-order valence-electron chi connectivity index (χ4n) is 2.12. The monoisotopic (exact) mass is 262 g/mol. The van der Waals surface area contributed by atoms with E-state index in [9.17, 15) is 4.79 Å². The third-order valence-electron chi connectivity index (χ3n) is 3.73. The minimum Gasteiger partial charge on any atom is -0.497 e. The van der Waals surface area contributed by atoms with Crippen LogP contribution in [0.3, 0.4) is 0 Å². The summed E-state index contributed by atoms with van der Waals surface area (Å²) in [5, 5.41) is 2.93. The Balaban J connectivity index is 1.89. The van der Waals surface area contributed by atoms with E-state index in [1.54, 1.807) is 7.11 Å². The summed E-state index contributed by atoms with van der Waals surface area (Å²) < 4.78 is 5.17. The number of methoxy groups -OCH3 is 1. The largest absolute Gasteiger partial charge is 0.497 e. The highest BCUT2D eigenvalue weighted by Crippen LogP contribution is 2.31. The molecule has 0 heterocycles. The van der Waals surface area contributed by atoms with Crippen LogP contribution in [0.25, 0.3) is 0 Å². The molecule has 0 saturated heterocycles. The molecule has 104 valence electrons. The molecule has 1 aliphatic rings. The van der Waals surface area contributed by atoms with Crippen LogP contribution in [-0.4, -0.2) is 25.6 Å². The summed E-state index contributed by atoms with van der Waals surface area (Å²) in [6.07, 6.45) is 2.39. The van der Waals surface area contributed by atoms with E-state index in [1.165, 1.54) is 12.8 Å². The maximum atomic E-state index is 12.1. The molecule has 0 bridgehead atoms. The topological polar surface area (TPSA) is 64.3 Å². The predicted octanol–water partition coefficient (Wildman–Crippen LogP) is 1.65. The lowest BCUT2D eigenvalue weighted by Crippen LogP contribution is -2.40. The lowest BCUT2D eigenvalue weighted by molar-refractivity contribution is -0.122. The Bertz CT molecular complexity index is 444. The van der Waals surface area contributed by atoms with Gasteiger partial charge in [0.15, 0.2) is 0 Å². The summed E-state index contributed by atoms with van der Waals surface area (Å²) in [7, 11) is 1.62. The number of nitrogens with two attached hydrogens (primary N) is 1. The molecule has 1 saturated carbocycles. The van der Waals surface area contributed by atoms with Crippen LogP contribution in [0.4, 0.5) is 0 Å². The van der Waals surface area contributed by atoms with Crippen LogP contribution in [0.5, 0.6) is 5.75 Å². The molecule has 1 fully saturated rings. The Morgan fingerprint density at radius 1 is 1.53 bits per heavy atom. The quantitative estimate of drug-likeness (QED) is 0.819. The summed E-state index contributed by atoms with van der Waals surface area (Å²) in [5.41, 5.74) is 6.93. The first-order chi connectivity index (χ1) is 9.11. The Labute approximate surface area is 114 Å². The molecular weight excluding hydrogens is 240 g/mol. The molecule has 3 N–H and O–H groups in total. The second-order valence-electron chi connectivity index (χ2n) is 5.24. The van der Waals surface area contributed by atoms with E-state index in [4.69, 9.17) is 10.5 Å². The summed E-state index contributed by atoms with van der Waals surface area (Å²) in [4.78, 5) is 12.1. The fraction of sp³-hybridized carbons (Fsp3) is 0.533. The van der Waals surface area contributed by atoms with Crippen molar-refractivity contribution in [1.82, 2.24) is 5.32 Å². The third-order valence-corrected chi connectivity index (χ3v) is 3.73. The van der Waals surface area contributed by atoms with Gasteiger partial charge in [-0.25, -0.2) is 0 Å². The Morgan fingerprint density at radius 2 is 2.26 bits per heavy atom. The normalized spacial score (nSPS) is 17.6. The Morgan fingerprint density at radius 3 is 2.89 bits per heavy atom. The molecule has 0 spiro atoms. The zero-order chi connectivity index (χ0) is 13.8. The van der Waals surface area contributed by atoms with Crippen molar-refractivity contribution in [3.8, 4) is 5.75 Å². The maximum Gasteiger partial charge on any atom is 0.227 e. The highest BCUT2D eigenvalue weighted by atomic mass is 16.5. The molecule has 1 aromatic carbocycles. The summed E-state index contributed by atoms with van der Waals surface area (Å²) in [6.45, 7) is 2.46. The van der Waals surface area contributed by atoms with Gasteiger partial charge in [0.1, 0.15) is 5.75 Å². The fourth-order valence-corrected chi connectivity index (χ4v) is 2.12. The molecule has 1 amide bonds. The van der Waals surface area contributed by atoms with Gasteiger partial charge in [-0.2, -0.15) is 0 Å². The van der Waals surface area contributed by atoms with Crippen LogP contribution >= 0.6 is 0 Å². The molecular formula is C15H22N2O2. The van der Waals surface area contributed by atoms with E-state index in [-0.39, 0.29) is 17.9 Å². The number of ether oxygens (including phenoxy) is 1. The minimum absolute atomic E-state index is 0.0179. The van der Waals surface area contributed by atoms with Crippen LogP contribution in [-0.2, 0) is 4.79 Å². The average Bonchev–Trinajstić information content (AvgIpc) is 3.28. The zero-order valence-corrected chi connectivity index (χ0v) is 11.6.